The number of hydrogen-bond donors (Lipinski definition) is 1. The van der Waals surface area contributed by atoms with Crippen LogP contribution >= 0.6 is 11.3 Å². The number of imidazole rings is 1. The Morgan fingerprint density at radius 2 is 2.05 bits per heavy atom. The summed E-state index contributed by atoms with van der Waals surface area (Å²) in [7, 11) is 0. The van der Waals surface area contributed by atoms with Crippen molar-refractivity contribution < 1.29 is 8.78 Å². The van der Waals surface area contributed by atoms with Gasteiger partial charge in [0, 0.05) is 11.1 Å². The van der Waals surface area contributed by atoms with Crippen molar-refractivity contribution in [1.82, 2.24) is 14.5 Å². The minimum atomic E-state index is -0.938. The number of rotatable bonds is 2. The number of anilines is 1. The van der Waals surface area contributed by atoms with Gasteiger partial charge in [0.05, 0.1) is 11.6 Å². The largest absolute Gasteiger partial charge is 0.369 e. The van der Waals surface area contributed by atoms with E-state index in [1.54, 1.807) is 0 Å². The number of aryl methyl sites for hydroxylation is 1. The lowest BCUT2D eigenvalue weighted by Gasteiger charge is -2.13. The molecule has 2 N–H and O–H groups in total. The maximum absolute atomic E-state index is 14.0. The fourth-order valence-electron chi connectivity index (χ4n) is 2.21. The van der Waals surface area contributed by atoms with Crippen molar-refractivity contribution in [3.8, 4) is 0 Å². The monoisotopic (exact) mass is 294 g/mol. The molecule has 2 heterocycles. The minimum absolute atomic E-state index is 0.0721. The maximum Gasteiger partial charge on any atom is 0.201 e. The van der Waals surface area contributed by atoms with Crippen LogP contribution in [0, 0.1) is 18.6 Å². The van der Waals surface area contributed by atoms with Crippen LogP contribution in [0.4, 0.5) is 14.7 Å². The smallest absolute Gasteiger partial charge is 0.201 e. The fourth-order valence-corrected chi connectivity index (χ4v) is 3.05. The quantitative estimate of drug-likeness (QED) is 0.789. The highest BCUT2D eigenvalue weighted by Gasteiger charge is 2.22. The highest BCUT2D eigenvalue weighted by Crippen LogP contribution is 2.31. The van der Waals surface area contributed by atoms with Gasteiger partial charge in [-0.25, -0.2) is 18.7 Å². The van der Waals surface area contributed by atoms with E-state index >= 15 is 0 Å². The summed E-state index contributed by atoms with van der Waals surface area (Å²) >= 11 is 1.45. The molecule has 7 heteroatoms. The molecule has 3 rings (SSSR count). The second-order valence-corrected chi connectivity index (χ2v) is 5.46. The Balaban J connectivity index is 2.25. The summed E-state index contributed by atoms with van der Waals surface area (Å²) in [5.41, 5.74) is 7.14. The number of nitrogens with zero attached hydrogens (tertiary/aromatic N) is 3. The number of aromatic nitrogens is 3. The topological polar surface area (TPSA) is 56.7 Å². The summed E-state index contributed by atoms with van der Waals surface area (Å²) in [5.74, 6) is -1.71. The van der Waals surface area contributed by atoms with Gasteiger partial charge in [0.1, 0.15) is 10.5 Å². The molecular weight excluding hydrogens is 282 g/mol. The molecule has 0 radical (unpaired) electrons. The standard InChI is InChI=1S/C13H12F2N4S/c1-6-5-20-12(17-6)7(2)19-11-9(18-13(19)16)4-3-8(14)10(11)15/h3-5,7H,1-2H3,(H2,16,18). The molecule has 0 aliphatic heterocycles. The first-order chi connectivity index (χ1) is 9.49. The van der Waals surface area contributed by atoms with Crippen LogP contribution in [0.1, 0.15) is 23.7 Å². The van der Waals surface area contributed by atoms with Crippen molar-refractivity contribution in [1.29, 1.82) is 0 Å². The second-order valence-electron chi connectivity index (χ2n) is 4.57. The van der Waals surface area contributed by atoms with Gasteiger partial charge in [0.25, 0.3) is 0 Å². The van der Waals surface area contributed by atoms with Crippen molar-refractivity contribution >= 4 is 28.3 Å². The molecule has 0 spiro atoms. The third kappa shape index (κ3) is 1.85. The summed E-state index contributed by atoms with van der Waals surface area (Å²) in [5, 5.41) is 2.68. The Morgan fingerprint density at radius 3 is 2.70 bits per heavy atom. The predicted molar refractivity (Wildman–Crippen MR) is 74.7 cm³/mol. The number of halogens is 2. The van der Waals surface area contributed by atoms with E-state index in [0.717, 1.165) is 16.8 Å². The van der Waals surface area contributed by atoms with Crippen LogP contribution < -0.4 is 5.73 Å². The molecule has 4 nitrogen and oxygen atoms in total. The van der Waals surface area contributed by atoms with Crippen molar-refractivity contribution in [3.63, 3.8) is 0 Å². The van der Waals surface area contributed by atoms with Gasteiger partial charge in [-0.3, -0.25) is 4.57 Å². The van der Waals surface area contributed by atoms with E-state index in [1.807, 2.05) is 19.2 Å². The Kier molecular flexibility index (Phi) is 2.93. The van der Waals surface area contributed by atoms with E-state index in [1.165, 1.54) is 22.0 Å². The van der Waals surface area contributed by atoms with Crippen LogP contribution in [0.2, 0.25) is 0 Å². The average Bonchev–Trinajstić information content (AvgIpc) is 2.97. The number of nitrogen functional groups attached to an aromatic ring is 1. The average molecular weight is 294 g/mol. The normalized spacial score (nSPS) is 13.0. The lowest BCUT2D eigenvalue weighted by atomic mass is 10.2. The zero-order chi connectivity index (χ0) is 14.4. The zero-order valence-corrected chi connectivity index (χ0v) is 11.7. The molecule has 0 amide bonds. The minimum Gasteiger partial charge on any atom is -0.369 e. The molecule has 20 heavy (non-hydrogen) atoms. The first kappa shape index (κ1) is 13.0. The number of hydrogen-bond acceptors (Lipinski definition) is 4. The molecule has 0 aliphatic rings. The Morgan fingerprint density at radius 1 is 1.30 bits per heavy atom. The van der Waals surface area contributed by atoms with Gasteiger partial charge < -0.3 is 5.73 Å². The van der Waals surface area contributed by atoms with Crippen LogP contribution in [0.5, 0.6) is 0 Å². The predicted octanol–water partition coefficient (Wildman–Crippen LogP) is 3.27. The second kappa shape index (κ2) is 4.52. The molecule has 0 fully saturated rings. The molecule has 1 aromatic carbocycles. The SMILES string of the molecule is Cc1csc(C(C)n2c(N)nc3ccc(F)c(F)c32)n1. The molecule has 0 aliphatic carbocycles. The van der Waals surface area contributed by atoms with Gasteiger partial charge in [-0.1, -0.05) is 0 Å². The Bertz CT molecular complexity index is 793. The van der Waals surface area contributed by atoms with Crippen LogP contribution in [-0.4, -0.2) is 14.5 Å². The summed E-state index contributed by atoms with van der Waals surface area (Å²) in [6, 6.07) is 2.16. The number of fused-ring (bicyclic) bond motifs is 1. The van der Waals surface area contributed by atoms with Crippen molar-refractivity contribution in [2.75, 3.05) is 5.73 Å². The van der Waals surface area contributed by atoms with E-state index in [-0.39, 0.29) is 17.5 Å². The highest BCUT2D eigenvalue weighted by atomic mass is 32.1. The fraction of sp³-hybridized carbons (Fsp3) is 0.231. The third-order valence-electron chi connectivity index (χ3n) is 3.15. The zero-order valence-electron chi connectivity index (χ0n) is 10.9. The van der Waals surface area contributed by atoms with Gasteiger partial charge in [-0.2, -0.15) is 0 Å². The lowest BCUT2D eigenvalue weighted by molar-refractivity contribution is 0.509. The van der Waals surface area contributed by atoms with Crippen LogP contribution in [-0.2, 0) is 0 Å². The lowest BCUT2D eigenvalue weighted by Crippen LogP contribution is -2.11. The van der Waals surface area contributed by atoms with E-state index < -0.39 is 11.6 Å². The molecule has 0 saturated heterocycles. The Labute approximate surface area is 117 Å². The first-order valence-corrected chi connectivity index (χ1v) is 6.90. The van der Waals surface area contributed by atoms with Gasteiger partial charge in [-0.15, -0.1) is 11.3 Å². The number of thiazole rings is 1. The molecular formula is C13H12F2N4S. The molecule has 1 unspecified atom stereocenters. The maximum atomic E-state index is 14.0. The summed E-state index contributed by atoms with van der Waals surface area (Å²) in [6.07, 6.45) is 0. The highest BCUT2D eigenvalue weighted by molar-refractivity contribution is 7.09. The molecule has 2 aromatic heterocycles. The molecule has 0 bridgehead atoms. The molecule has 1 atom stereocenters. The van der Waals surface area contributed by atoms with Crippen LogP contribution in [0.15, 0.2) is 17.5 Å². The number of benzene rings is 1. The Hall–Kier alpha value is -2.02. The van der Waals surface area contributed by atoms with Crippen molar-refractivity contribution in [3.05, 3.63) is 39.8 Å². The van der Waals surface area contributed by atoms with Gasteiger partial charge in [-0.05, 0) is 26.0 Å². The molecule has 3 aromatic rings. The first-order valence-electron chi connectivity index (χ1n) is 6.02. The summed E-state index contributed by atoms with van der Waals surface area (Å²) in [4.78, 5) is 8.44. The van der Waals surface area contributed by atoms with E-state index in [4.69, 9.17) is 5.73 Å². The van der Waals surface area contributed by atoms with E-state index in [2.05, 4.69) is 9.97 Å². The van der Waals surface area contributed by atoms with E-state index in [9.17, 15) is 8.78 Å². The van der Waals surface area contributed by atoms with Crippen LogP contribution in [0.3, 0.4) is 0 Å². The number of nitrogens with two attached hydrogens (primary N) is 1. The summed E-state index contributed by atoms with van der Waals surface area (Å²) < 4.78 is 29.0. The molecule has 104 valence electrons. The van der Waals surface area contributed by atoms with Gasteiger partial charge in [0.2, 0.25) is 5.95 Å². The third-order valence-corrected chi connectivity index (χ3v) is 4.28. The van der Waals surface area contributed by atoms with Gasteiger partial charge >= 0.3 is 0 Å². The van der Waals surface area contributed by atoms with Crippen molar-refractivity contribution in [2.45, 2.75) is 19.9 Å². The summed E-state index contributed by atoms with van der Waals surface area (Å²) in [6.45, 7) is 3.71. The van der Waals surface area contributed by atoms with Gasteiger partial charge in [0.15, 0.2) is 11.6 Å². The van der Waals surface area contributed by atoms with Crippen molar-refractivity contribution in [2.24, 2.45) is 0 Å². The van der Waals surface area contributed by atoms with E-state index in [0.29, 0.717) is 5.52 Å². The van der Waals surface area contributed by atoms with Crippen LogP contribution in [0.25, 0.3) is 11.0 Å². The molecule has 0 saturated carbocycles.